The van der Waals surface area contributed by atoms with Crippen LogP contribution in [0.4, 0.5) is 13.2 Å². The maximum atomic E-state index is 12.1. The molecule has 0 aliphatic carbocycles. The number of rotatable bonds is 7. The van der Waals surface area contributed by atoms with Crippen molar-refractivity contribution in [2.24, 2.45) is 0 Å². The SMILES string of the molecule is CCOC(=O)CCNCc1ccc(OC(F)(F)F)c(Cl)c1. The molecule has 0 bridgehead atoms. The molecule has 0 fully saturated rings. The molecule has 0 atom stereocenters. The van der Waals surface area contributed by atoms with Gasteiger partial charge in [0.25, 0.3) is 0 Å². The third-order valence-corrected chi connectivity index (χ3v) is 2.66. The Balaban J connectivity index is 2.43. The normalized spacial score (nSPS) is 11.3. The second-order valence-electron chi connectivity index (χ2n) is 4.04. The van der Waals surface area contributed by atoms with E-state index < -0.39 is 12.1 Å². The van der Waals surface area contributed by atoms with E-state index in [2.05, 4.69) is 10.1 Å². The van der Waals surface area contributed by atoms with Crippen molar-refractivity contribution in [3.05, 3.63) is 28.8 Å². The number of carbonyl (C=O) groups is 1. The molecule has 4 nitrogen and oxygen atoms in total. The number of ether oxygens (including phenoxy) is 2. The lowest BCUT2D eigenvalue weighted by atomic mass is 10.2. The number of alkyl halides is 3. The largest absolute Gasteiger partial charge is 0.573 e. The second-order valence-corrected chi connectivity index (χ2v) is 4.45. The first kappa shape index (κ1) is 17.6. The van der Waals surface area contributed by atoms with Crippen LogP contribution in [0, 0.1) is 0 Å². The van der Waals surface area contributed by atoms with E-state index in [1.807, 2.05) is 0 Å². The van der Waals surface area contributed by atoms with Gasteiger partial charge in [-0.3, -0.25) is 4.79 Å². The Hall–Kier alpha value is -1.47. The van der Waals surface area contributed by atoms with E-state index >= 15 is 0 Å². The number of benzene rings is 1. The minimum absolute atomic E-state index is 0.128. The van der Waals surface area contributed by atoms with E-state index in [1.54, 1.807) is 6.92 Å². The first-order valence-corrected chi connectivity index (χ1v) is 6.60. The Labute approximate surface area is 125 Å². The van der Waals surface area contributed by atoms with Gasteiger partial charge in [-0.05, 0) is 24.6 Å². The number of carbonyl (C=O) groups excluding carboxylic acids is 1. The van der Waals surface area contributed by atoms with E-state index in [9.17, 15) is 18.0 Å². The Bertz CT molecular complexity index is 480. The predicted molar refractivity (Wildman–Crippen MR) is 71.1 cm³/mol. The van der Waals surface area contributed by atoms with Crippen LogP contribution in [-0.4, -0.2) is 25.5 Å². The summed E-state index contributed by atoms with van der Waals surface area (Å²) in [5.41, 5.74) is 0.679. The van der Waals surface area contributed by atoms with Gasteiger partial charge in [-0.2, -0.15) is 0 Å². The molecule has 0 heterocycles. The van der Waals surface area contributed by atoms with Crippen LogP contribution in [-0.2, 0) is 16.1 Å². The van der Waals surface area contributed by atoms with Crippen molar-refractivity contribution in [3.8, 4) is 5.75 Å². The fourth-order valence-corrected chi connectivity index (χ4v) is 1.76. The Morgan fingerprint density at radius 1 is 1.38 bits per heavy atom. The molecule has 1 aromatic rings. The van der Waals surface area contributed by atoms with Crippen LogP contribution in [0.2, 0.25) is 5.02 Å². The van der Waals surface area contributed by atoms with Gasteiger partial charge < -0.3 is 14.8 Å². The minimum atomic E-state index is -4.77. The van der Waals surface area contributed by atoms with Crippen LogP contribution in [0.5, 0.6) is 5.75 Å². The molecule has 1 aromatic carbocycles. The van der Waals surface area contributed by atoms with Crippen LogP contribution in [0.25, 0.3) is 0 Å². The third-order valence-electron chi connectivity index (χ3n) is 2.36. The predicted octanol–water partition coefficient (Wildman–Crippen LogP) is 3.28. The van der Waals surface area contributed by atoms with E-state index in [1.165, 1.54) is 12.1 Å². The fraction of sp³-hybridized carbons (Fsp3) is 0.462. The molecule has 0 unspecified atom stereocenters. The van der Waals surface area contributed by atoms with Crippen molar-refractivity contribution in [1.29, 1.82) is 0 Å². The van der Waals surface area contributed by atoms with Crippen LogP contribution < -0.4 is 10.1 Å². The number of nitrogens with one attached hydrogen (secondary N) is 1. The van der Waals surface area contributed by atoms with E-state index in [0.717, 1.165) is 6.07 Å². The summed E-state index contributed by atoms with van der Waals surface area (Å²) in [7, 11) is 0. The van der Waals surface area contributed by atoms with Crippen LogP contribution in [0.15, 0.2) is 18.2 Å². The fourth-order valence-electron chi connectivity index (χ4n) is 1.52. The molecule has 0 saturated heterocycles. The summed E-state index contributed by atoms with van der Waals surface area (Å²) in [6, 6.07) is 3.99. The summed E-state index contributed by atoms with van der Waals surface area (Å²) < 4.78 is 44.7. The first-order valence-electron chi connectivity index (χ1n) is 6.22. The van der Waals surface area contributed by atoms with Crippen molar-refractivity contribution < 1.29 is 27.4 Å². The van der Waals surface area contributed by atoms with Gasteiger partial charge in [0.05, 0.1) is 18.1 Å². The monoisotopic (exact) mass is 325 g/mol. The van der Waals surface area contributed by atoms with Crippen molar-refractivity contribution in [1.82, 2.24) is 5.32 Å². The van der Waals surface area contributed by atoms with Gasteiger partial charge in [0.15, 0.2) is 0 Å². The summed E-state index contributed by atoms with van der Waals surface area (Å²) in [6.45, 7) is 2.82. The second kappa shape index (κ2) is 8.09. The van der Waals surface area contributed by atoms with Gasteiger partial charge in [0, 0.05) is 13.1 Å². The highest BCUT2D eigenvalue weighted by Gasteiger charge is 2.31. The van der Waals surface area contributed by atoms with Gasteiger partial charge in [0.2, 0.25) is 0 Å². The van der Waals surface area contributed by atoms with Crippen LogP contribution >= 0.6 is 11.6 Å². The Morgan fingerprint density at radius 2 is 2.10 bits per heavy atom. The standard InChI is InChI=1S/C13H15ClF3NO3/c1-2-20-12(19)5-6-18-8-9-3-4-11(10(14)7-9)21-13(15,16)17/h3-4,7,18H,2,5-6,8H2,1H3. The van der Waals surface area contributed by atoms with E-state index in [0.29, 0.717) is 25.3 Å². The molecular weight excluding hydrogens is 311 g/mol. The summed E-state index contributed by atoms with van der Waals surface area (Å²) in [6.07, 6.45) is -4.56. The molecule has 0 aliphatic heterocycles. The zero-order chi connectivity index (χ0) is 15.9. The Kier molecular flexibility index (Phi) is 6.77. The van der Waals surface area contributed by atoms with Crippen LogP contribution in [0.3, 0.4) is 0 Å². The molecule has 0 radical (unpaired) electrons. The molecule has 0 spiro atoms. The molecule has 0 aliphatic rings. The van der Waals surface area contributed by atoms with Gasteiger partial charge >= 0.3 is 12.3 Å². The minimum Gasteiger partial charge on any atom is -0.466 e. The lowest BCUT2D eigenvalue weighted by Gasteiger charge is -2.11. The molecule has 118 valence electrons. The molecule has 0 aromatic heterocycles. The van der Waals surface area contributed by atoms with Gasteiger partial charge in [-0.15, -0.1) is 13.2 Å². The number of hydrogen-bond donors (Lipinski definition) is 1. The topological polar surface area (TPSA) is 47.6 Å². The average molecular weight is 326 g/mol. The lowest BCUT2D eigenvalue weighted by molar-refractivity contribution is -0.274. The number of halogens is 4. The van der Waals surface area contributed by atoms with Gasteiger partial charge in [-0.1, -0.05) is 17.7 Å². The maximum absolute atomic E-state index is 12.1. The molecule has 21 heavy (non-hydrogen) atoms. The Morgan fingerprint density at radius 3 is 2.67 bits per heavy atom. The van der Waals surface area contributed by atoms with Gasteiger partial charge in [0.1, 0.15) is 5.75 Å². The zero-order valence-electron chi connectivity index (χ0n) is 11.3. The highest BCUT2D eigenvalue weighted by atomic mass is 35.5. The van der Waals surface area contributed by atoms with Crippen molar-refractivity contribution in [2.75, 3.05) is 13.2 Å². The van der Waals surface area contributed by atoms with E-state index in [-0.39, 0.29) is 17.4 Å². The molecule has 0 saturated carbocycles. The van der Waals surface area contributed by atoms with Crippen molar-refractivity contribution in [3.63, 3.8) is 0 Å². The van der Waals surface area contributed by atoms with Crippen LogP contribution in [0.1, 0.15) is 18.9 Å². The zero-order valence-corrected chi connectivity index (χ0v) is 12.1. The molecule has 1 rings (SSSR count). The third kappa shape index (κ3) is 7.19. The first-order chi connectivity index (χ1) is 9.81. The molecular formula is C13H15ClF3NO3. The summed E-state index contributed by atoms with van der Waals surface area (Å²) in [4.78, 5) is 11.1. The molecule has 8 heteroatoms. The average Bonchev–Trinajstić information content (AvgIpc) is 2.37. The van der Waals surface area contributed by atoms with Crippen molar-refractivity contribution in [2.45, 2.75) is 26.3 Å². The maximum Gasteiger partial charge on any atom is 0.573 e. The molecule has 1 N–H and O–H groups in total. The summed E-state index contributed by atoms with van der Waals surface area (Å²) >= 11 is 5.71. The molecule has 0 amide bonds. The van der Waals surface area contributed by atoms with Gasteiger partial charge in [-0.25, -0.2) is 0 Å². The number of esters is 1. The smallest absolute Gasteiger partial charge is 0.466 e. The van der Waals surface area contributed by atoms with Crippen molar-refractivity contribution >= 4 is 17.6 Å². The number of hydrogen-bond acceptors (Lipinski definition) is 4. The lowest BCUT2D eigenvalue weighted by Crippen LogP contribution is -2.19. The van der Waals surface area contributed by atoms with E-state index in [4.69, 9.17) is 16.3 Å². The highest BCUT2D eigenvalue weighted by molar-refractivity contribution is 6.32. The highest BCUT2D eigenvalue weighted by Crippen LogP contribution is 2.30. The summed E-state index contributed by atoms with van der Waals surface area (Å²) in [5.74, 6) is -0.753. The summed E-state index contributed by atoms with van der Waals surface area (Å²) in [5, 5.41) is 2.84. The quantitative estimate of drug-likeness (QED) is 0.617.